The fourth-order valence-corrected chi connectivity index (χ4v) is 1.76. The fraction of sp³-hybridized carbons (Fsp3) is 0.647. The second-order valence-electron chi connectivity index (χ2n) is 5.42. The minimum absolute atomic E-state index is 0.282. The molecule has 0 spiro atoms. The van der Waals surface area contributed by atoms with E-state index >= 15 is 0 Å². The number of aliphatic hydroxyl groups is 1. The predicted molar refractivity (Wildman–Crippen MR) is 87.2 cm³/mol. The van der Waals surface area contributed by atoms with Gasteiger partial charge in [0.05, 0.1) is 19.8 Å². The first kappa shape index (κ1) is 18.9. The smallest absolute Gasteiger partial charge is 0.119 e. The zero-order valence-corrected chi connectivity index (χ0v) is 13.9. The van der Waals surface area contributed by atoms with Crippen molar-refractivity contribution in [1.82, 2.24) is 5.32 Å². The van der Waals surface area contributed by atoms with Crippen molar-refractivity contribution in [2.75, 3.05) is 33.0 Å². The Bertz CT molecular complexity index is 381. The molecule has 0 fully saturated rings. The minimum atomic E-state index is -0.510. The molecule has 5 heteroatoms. The van der Waals surface area contributed by atoms with Gasteiger partial charge in [0.2, 0.25) is 0 Å². The summed E-state index contributed by atoms with van der Waals surface area (Å²) >= 11 is 0. The van der Waals surface area contributed by atoms with Gasteiger partial charge in [-0.05, 0) is 24.6 Å². The molecule has 0 saturated carbocycles. The van der Waals surface area contributed by atoms with Gasteiger partial charge in [-0.2, -0.15) is 0 Å². The van der Waals surface area contributed by atoms with Gasteiger partial charge in [-0.1, -0.05) is 26.0 Å². The highest BCUT2D eigenvalue weighted by Gasteiger charge is 2.06. The molecule has 0 aliphatic rings. The highest BCUT2D eigenvalue weighted by molar-refractivity contribution is 5.26. The van der Waals surface area contributed by atoms with Crippen LogP contribution in [0.4, 0.5) is 0 Å². The lowest BCUT2D eigenvalue weighted by Gasteiger charge is -2.15. The van der Waals surface area contributed by atoms with E-state index in [1.807, 2.05) is 45.0 Å². The standard InChI is InChI=1S/C17H29NO4/c1-4-20-9-10-21-12-15-5-7-17(8-6-15)22-13-16(19)11-18-14(2)3/h5-8,14,16,18-19H,4,9-13H2,1-3H3. The molecule has 0 radical (unpaired) electrons. The van der Waals surface area contributed by atoms with E-state index in [1.165, 1.54) is 0 Å². The van der Waals surface area contributed by atoms with Crippen LogP contribution in [0.15, 0.2) is 24.3 Å². The van der Waals surface area contributed by atoms with Crippen molar-refractivity contribution in [1.29, 1.82) is 0 Å². The van der Waals surface area contributed by atoms with Gasteiger partial charge < -0.3 is 24.6 Å². The summed E-state index contributed by atoms with van der Waals surface area (Å²) in [5, 5.41) is 13.0. The molecular weight excluding hydrogens is 282 g/mol. The quantitative estimate of drug-likeness (QED) is 0.578. The summed E-state index contributed by atoms with van der Waals surface area (Å²) in [6.45, 7) is 9.37. The molecule has 0 saturated heterocycles. The molecule has 0 aromatic heterocycles. The van der Waals surface area contributed by atoms with Crippen LogP contribution in [0.2, 0.25) is 0 Å². The molecule has 1 atom stereocenters. The number of aliphatic hydroxyl groups excluding tert-OH is 1. The lowest BCUT2D eigenvalue weighted by molar-refractivity contribution is 0.0452. The Balaban J connectivity index is 2.21. The van der Waals surface area contributed by atoms with E-state index in [1.54, 1.807) is 0 Å². The van der Waals surface area contributed by atoms with E-state index in [0.29, 0.717) is 39.0 Å². The minimum Gasteiger partial charge on any atom is -0.491 e. The third-order valence-electron chi connectivity index (χ3n) is 2.97. The van der Waals surface area contributed by atoms with E-state index in [9.17, 15) is 5.11 Å². The van der Waals surface area contributed by atoms with Gasteiger partial charge in [0.15, 0.2) is 0 Å². The summed E-state index contributed by atoms with van der Waals surface area (Å²) < 4.78 is 16.3. The first-order valence-electron chi connectivity index (χ1n) is 7.90. The average molecular weight is 311 g/mol. The molecule has 0 amide bonds. The maximum Gasteiger partial charge on any atom is 0.119 e. The van der Waals surface area contributed by atoms with Crippen LogP contribution < -0.4 is 10.1 Å². The van der Waals surface area contributed by atoms with Gasteiger partial charge in [-0.3, -0.25) is 0 Å². The van der Waals surface area contributed by atoms with Crippen LogP contribution in [-0.4, -0.2) is 50.2 Å². The summed E-state index contributed by atoms with van der Waals surface area (Å²) in [6.07, 6.45) is -0.510. The summed E-state index contributed by atoms with van der Waals surface area (Å²) in [5.74, 6) is 0.752. The Morgan fingerprint density at radius 3 is 2.41 bits per heavy atom. The largest absolute Gasteiger partial charge is 0.491 e. The van der Waals surface area contributed by atoms with Gasteiger partial charge in [-0.15, -0.1) is 0 Å². The highest BCUT2D eigenvalue weighted by atomic mass is 16.5. The van der Waals surface area contributed by atoms with Gasteiger partial charge in [0, 0.05) is 19.2 Å². The van der Waals surface area contributed by atoms with Gasteiger partial charge in [-0.25, -0.2) is 0 Å². The number of hydrogen-bond acceptors (Lipinski definition) is 5. The molecule has 2 N–H and O–H groups in total. The molecule has 1 aromatic rings. The zero-order chi connectivity index (χ0) is 16.2. The summed E-state index contributed by atoms with van der Waals surface area (Å²) in [6, 6.07) is 8.08. The molecular formula is C17H29NO4. The van der Waals surface area contributed by atoms with E-state index in [0.717, 1.165) is 11.3 Å². The van der Waals surface area contributed by atoms with Crippen LogP contribution >= 0.6 is 0 Å². The van der Waals surface area contributed by atoms with Crippen molar-refractivity contribution in [2.45, 2.75) is 39.5 Å². The third-order valence-corrected chi connectivity index (χ3v) is 2.97. The number of nitrogens with one attached hydrogen (secondary N) is 1. The SMILES string of the molecule is CCOCCOCc1ccc(OCC(O)CNC(C)C)cc1. The number of ether oxygens (including phenoxy) is 3. The van der Waals surface area contributed by atoms with Crippen LogP contribution in [0.3, 0.4) is 0 Å². The first-order valence-corrected chi connectivity index (χ1v) is 7.90. The van der Waals surface area contributed by atoms with Gasteiger partial charge in [0.1, 0.15) is 18.5 Å². The summed E-state index contributed by atoms with van der Waals surface area (Å²) in [4.78, 5) is 0. The van der Waals surface area contributed by atoms with Crippen LogP contribution in [0.25, 0.3) is 0 Å². The summed E-state index contributed by atoms with van der Waals surface area (Å²) in [7, 11) is 0. The number of hydrogen-bond donors (Lipinski definition) is 2. The molecule has 0 aliphatic heterocycles. The molecule has 1 rings (SSSR count). The average Bonchev–Trinajstić information content (AvgIpc) is 2.52. The number of benzene rings is 1. The predicted octanol–water partition coefficient (Wildman–Crippen LogP) is 1.98. The monoisotopic (exact) mass is 311 g/mol. The molecule has 0 heterocycles. The molecule has 22 heavy (non-hydrogen) atoms. The number of rotatable bonds is 12. The van der Waals surface area contributed by atoms with Gasteiger partial charge >= 0.3 is 0 Å². The lowest BCUT2D eigenvalue weighted by Crippen LogP contribution is -2.35. The van der Waals surface area contributed by atoms with E-state index in [2.05, 4.69) is 5.32 Å². The van der Waals surface area contributed by atoms with Crippen LogP contribution in [0.1, 0.15) is 26.3 Å². The van der Waals surface area contributed by atoms with Crippen LogP contribution in [0, 0.1) is 0 Å². The second kappa shape index (κ2) is 11.4. The van der Waals surface area contributed by atoms with Crippen molar-refractivity contribution in [3.63, 3.8) is 0 Å². The molecule has 0 aliphatic carbocycles. The van der Waals surface area contributed by atoms with E-state index < -0.39 is 6.10 Å². The van der Waals surface area contributed by atoms with Gasteiger partial charge in [0.25, 0.3) is 0 Å². The Kier molecular flexibility index (Phi) is 9.82. The summed E-state index contributed by atoms with van der Waals surface area (Å²) in [5.41, 5.74) is 1.09. The molecule has 0 bridgehead atoms. The van der Waals surface area contributed by atoms with Crippen molar-refractivity contribution >= 4 is 0 Å². The molecule has 5 nitrogen and oxygen atoms in total. The molecule has 1 unspecified atom stereocenters. The van der Waals surface area contributed by atoms with Crippen molar-refractivity contribution < 1.29 is 19.3 Å². The third kappa shape index (κ3) is 9.00. The normalized spacial score (nSPS) is 12.6. The Labute approximate surface area is 133 Å². The van der Waals surface area contributed by atoms with E-state index in [-0.39, 0.29) is 6.61 Å². The van der Waals surface area contributed by atoms with Crippen LogP contribution in [0.5, 0.6) is 5.75 Å². The maximum atomic E-state index is 9.78. The Morgan fingerprint density at radius 2 is 1.77 bits per heavy atom. The van der Waals surface area contributed by atoms with Crippen molar-refractivity contribution in [3.05, 3.63) is 29.8 Å². The van der Waals surface area contributed by atoms with E-state index in [4.69, 9.17) is 14.2 Å². The topological polar surface area (TPSA) is 60.0 Å². The zero-order valence-electron chi connectivity index (χ0n) is 13.9. The van der Waals surface area contributed by atoms with Crippen molar-refractivity contribution in [2.24, 2.45) is 0 Å². The highest BCUT2D eigenvalue weighted by Crippen LogP contribution is 2.13. The Hall–Kier alpha value is -1.14. The fourth-order valence-electron chi connectivity index (χ4n) is 1.76. The lowest BCUT2D eigenvalue weighted by atomic mass is 10.2. The molecule has 1 aromatic carbocycles. The second-order valence-corrected chi connectivity index (χ2v) is 5.42. The first-order chi connectivity index (χ1) is 10.6. The maximum absolute atomic E-state index is 9.78. The van der Waals surface area contributed by atoms with Crippen molar-refractivity contribution in [3.8, 4) is 5.75 Å². The van der Waals surface area contributed by atoms with Crippen LogP contribution in [-0.2, 0) is 16.1 Å². The molecule has 126 valence electrons. The Morgan fingerprint density at radius 1 is 1.09 bits per heavy atom.